The molecule has 0 aliphatic rings. The molecule has 0 aliphatic heterocycles. The number of ether oxygens (including phenoxy) is 1. The normalized spacial score (nSPS) is 11.4. The number of rotatable bonds is 8. The number of aromatic nitrogens is 7. The van der Waals surface area contributed by atoms with Gasteiger partial charge in [-0.1, -0.05) is 39.6 Å². The van der Waals surface area contributed by atoms with Crippen LogP contribution in [0, 0.1) is 6.92 Å². The first kappa shape index (κ1) is 21.4. The SMILES string of the molecule is Cc1noc(-c2cc3cc(OCc4c(Cl)cccc4Cl)ccc3n2CCCc2nn[nH]n2)n1. The van der Waals surface area contributed by atoms with Crippen molar-refractivity contribution in [1.29, 1.82) is 0 Å². The van der Waals surface area contributed by atoms with Crippen LogP contribution in [0.2, 0.25) is 10.0 Å². The molecule has 9 nitrogen and oxygen atoms in total. The first-order chi connectivity index (χ1) is 16.1. The highest BCUT2D eigenvalue weighted by atomic mass is 35.5. The van der Waals surface area contributed by atoms with Gasteiger partial charge in [-0.2, -0.15) is 10.2 Å². The van der Waals surface area contributed by atoms with Gasteiger partial charge in [-0.25, -0.2) is 0 Å². The number of hydrogen-bond donors (Lipinski definition) is 1. The van der Waals surface area contributed by atoms with E-state index in [1.807, 2.05) is 30.3 Å². The second-order valence-electron chi connectivity index (χ2n) is 7.47. The van der Waals surface area contributed by atoms with E-state index in [2.05, 4.69) is 35.3 Å². The smallest absolute Gasteiger partial charge is 0.274 e. The number of hydrogen-bond acceptors (Lipinski definition) is 7. The monoisotopic (exact) mass is 483 g/mol. The summed E-state index contributed by atoms with van der Waals surface area (Å²) in [7, 11) is 0. The molecule has 3 heterocycles. The van der Waals surface area contributed by atoms with Gasteiger partial charge in [0.25, 0.3) is 5.89 Å². The standard InChI is InChI=1S/C22H19Cl2N7O2/c1-13-25-22(33-28-13)20-11-14-10-15(32-12-16-17(23)4-2-5-18(16)24)7-8-19(14)31(20)9-3-6-21-26-29-30-27-21/h2,4-5,7-8,10-11H,3,6,9,12H2,1H3,(H,26,27,29,30). The van der Waals surface area contributed by atoms with Crippen LogP contribution in [-0.2, 0) is 19.6 Å². The predicted molar refractivity (Wildman–Crippen MR) is 123 cm³/mol. The van der Waals surface area contributed by atoms with E-state index in [0.717, 1.165) is 28.6 Å². The van der Waals surface area contributed by atoms with Crippen molar-refractivity contribution in [2.45, 2.75) is 32.9 Å². The number of H-pyrrole nitrogens is 1. The third-order valence-electron chi connectivity index (χ3n) is 5.24. The van der Waals surface area contributed by atoms with Crippen LogP contribution in [0.4, 0.5) is 0 Å². The molecule has 0 aliphatic carbocycles. The molecule has 1 N–H and O–H groups in total. The van der Waals surface area contributed by atoms with Crippen molar-refractivity contribution in [2.75, 3.05) is 0 Å². The fraction of sp³-hybridized carbons (Fsp3) is 0.227. The molecule has 0 amide bonds. The Bertz CT molecular complexity index is 1380. The van der Waals surface area contributed by atoms with Crippen molar-refractivity contribution in [3.8, 4) is 17.3 Å². The molecule has 2 aromatic carbocycles. The summed E-state index contributed by atoms with van der Waals surface area (Å²) < 4.78 is 13.6. The first-order valence-electron chi connectivity index (χ1n) is 10.3. The second kappa shape index (κ2) is 9.21. The maximum atomic E-state index is 6.26. The maximum Gasteiger partial charge on any atom is 0.274 e. The summed E-state index contributed by atoms with van der Waals surface area (Å²) in [5.41, 5.74) is 2.61. The average molecular weight is 484 g/mol. The summed E-state index contributed by atoms with van der Waals surface area (Å²) in [6.07, 6.45) is 1.50. The van der Waals surface area contributed by atoms with Gasteiger partial charge in [-0.05, 0) is 49.7 Å². The van der Waals surface area contributed by atoms with E-state index >= 15 is 0 Å². The van der Waals surface area contributed by atoms with Gasteiger partial charge >= 0.3 is 0 Å². The van der Waals surface area contributed by atoms with E-state index in [-0.39, 0.29) is 6.61 Å². The lowest BCUT2D eigenvalue weighted by atomic mass is 10.2. The maximum absolute atomic E-state index is 6.26. The molecule has 5 rings (SSSR count). The lowest BCUT2D eigenvalue weighted by Crippen LogP contribution is -2.03. The molecule has 33 heavy (non-hydrogen) atoms. The zero-order valence-electron chi connectivity index (χ0n) is 17.6. The Kier molecular flexibility index (Phi) is 5.97. The zero-order chi connectivity index (χ0) is 22.8. The number of fused-ring (bicyclic) bond motifs is 1. The highest BCUT2D eigenvalue weighted by molar-refractivity contribution is 6.35. The topological polar surface area (TPSA) is 108 Å². The van der Waals surface area contributed by atoms with Crippen LogP contribution in [0.25, 0.3) is 22.5 Å². The number of tetrazole rings is 1. The Morgan fingerprint density at radius 3 is 2.70 bits per heavy atom. The Morgan fingerprint density at radius 1 is 1.12 bits per heavy atom. The summed E-state index contributed by atoms with van der Waals surface area (Å²) in [5.74, 6) is 2.43. The van der Waals surface area contributed by atoms with Crippen LogP contribution in [0.3, 0.4) is 0 Å². The third-order valence-corrected chi connectivity index (χ3v) is 5.94. The Hall–Kier alpha value is -3.43. The number of nitrogens with one attached hydrogen (secondary N) is 1. The number of aromatic amines is 1. The Labute approximate surface area is 198 Å². The molecule has 0 atom stereocenters. The van der Waals surface area contributed by atoms with Crippen molar-refractivity contribution < 1.29 is 9.26 Å². The molecule has 0 radical (unpaired) electrons. The first-order valence-corrected chi connectivity index (χ1v) is 11.1. The summed E-state index contributed by atoms with van der Waals surface area (Å²) in [4.78, 5) is 4.41. The molecular weight excluding hydrogens is 465 g/mol. The van der Waals surface area contributed by atoms with Gasteiger partial charge in [-0.15, -0.1) is 10.2 Å². The van der Waals surface area contributed by atoms with Crippen molar-refractivity contribution in [2.24, 2.45) is 0 Å². The molecule has 0 saturated heterocycles. The third kappa shape index (κ3) is 4.55. The van der Waals surface area contributed by atoms with E-state index in [1.54, 1.807) is 19.1 Å². The molecule has 0 spiro atoms. The molecule has 11 heteroatoms. The number of nitrogens with zero attached hydrogens (tertiary/aromatic N) is 6. The van der Waals surface area contributed by atoms with Crippen LogP contribution in [0.15, 0.2) is 47.0 Å². The average Bonchev–Trinajstić information content (AvgIpc) is 3.54. The molecule has 0 saturated carbocycles. The minimum atomic E-state index is 0.269. The zero-order valence-corrected chi connectivity index (χ0v) is 19.1. The number of halogens is 2. The summed E-state index contributed by atoms with van der Waals surface area (Å²) >= 11 is 12.5. The van der Waals surface area contributed by atoms with Gasteiger partial charge in [0.05, 0.1) is 0 Å². The molecule has 0 bridgehead atoms. The predicted octanol–water partition coefficient (Wildman–Crippen LogP) is 5.03. The lowest BCUT2D eigenvalue weighted by Gasteiger charge is -2.11. The van der Waals surface area contributed by atoms with Crippen molar-refractivity contribution in [1.82, 2.24) is 35.3 Å². The molecule has 5 aromatic rings. The summed E-state index contributed by atoms with van der Waals surface area (Å²) in [6.45, 7) is 2.78. The fourth-order valence-electron chi connectivity index (χ4n) is 3.67. The summed E-state index contributed by atoms with van der Waals surface area (Å²) in [5, 5.41) is 20.2. The van der Waals surface area contributed by atoms with Gasteiger partial charge in [0.2, 0.25) is 0 Å². The van der Waals surface area contributed by atoms with Crippen LogP contribution in [0.1, 0.15) is 23.6 Å². The Morgan fingerprint density at radius 2 is 1.97 bits per heavy atom. The van der Waals surface area contributed by atoms with E-state index < -0.39 is 0 Å². The van der Waals surface area contributed by atoms with Crippen molar-refractivity contribution in [3.63, 3.8) is 0 Å². The van der Waals surface area contributed by atoms with E-state index in [4.69, 9.17) is 32.5 Å². The van der Waals surface area contributed by atoms with Gasteiger partial charge in [0, 0.05) is 39.5 Å². The summed E-state index contributed by atoms with van der Waals surface area (Å²) in [6, 6.07) is 13.3. The molecular formula is C22H19Cl2N7O2. The van der Waals surface area contributed by atoms with Gasteiger partial charge in [0.1, 0.15) is 18.1 Å². The number of benzene rings is 2. The number of aryl methyl sites for hydroxylation is 3. The highest BCUT2D eigenvalue weighted by Crippen LogP contribution is 2.32. The van der Waals surface area contributed by atoms with E-state index in [1.165, 1.54) is 0 Å². The Balaban J connectivity index is 1.43. The van der Waals surface area contributed by atoms with Crippen LogP contribution >= 0.6 is 23.2 Å². The van der Waals surface area contributed by atoms with E-state index in [9.17, 15) is 0 Å². The van der Waals surface area contributed by atoms with Gasteiger partial charge in [0.15, 0.2) is 11.6 Å². The minimum Gasteiger partial charge on any atom is -0.489 e. The highest BCUT2D eigenvalue weighted by Gasteiger charge is 2.17. The van der Waals surface area contributed by atoms with Crippen LogP contribution in [0.5, 0.6) is 5.75 Å². The van der Waals surface area contributed by atoms with Crippen LogP contribution in [-0.4, -0.2) is 35.3 Å². The quantitative estimate of drug-likeness (QED) is 0.329. The molecule has 0 fully saturated rings. The minimum absolute atomic E-state index is 0.269. The van der Waals surface area contributed by atoms with Crippen LogP contribution < -0.4 is 4.74 Å². The van der Waals surface area contributed by atoms with E-state index in [0.29, 0.717) is 46.3 Å². The largest absolute Gasteiger partial charge is 0.489 e. The van der Waals surface area contributed by atoms with Crippen molar-refractivity contribution >= 4 is 34.1 Å². The lowest BCUT2D eigenvalue weighted by molar-refractivity contribution is 0.307. The second-order valence-corrected chi connectivity index (χ2v) is 8.28. The molecule has 168 valence electrons. The van der Waals surface area contributed by atoms with Gasteiger partial charge < -0.3 is 13.8 Å². The fourth-order valence-corrected chi connectivity index (χ4v) is 4.17. The molecule has 0 unspecified atom stereocenters. The molecule has 3 aromatic heterocycles. The van der Waals surface area contributed by atoms with Gasteiger partial charge in [-0.3, -0.25) is 0 Å². The van der Waals surface area contributed by atoms with Crippen molar-refractivity contribution in [3.05, 3.63) is 69.7 Å².